The lowest BCUT2D eigenvalue weighted by atomic mass is 10.1. The molecular formula is C23H24N2O2. The number of carbonyl (C=O) groups is 1. The molecule has 4 nitrogen and oxygen atoms in total. The zero-order valence-corrected chi connectivity index (χ0v) is 15.7. The molecule has 1 amide bonds. The minimum absolute atomic E-state index is 0.0211. The van der Waals surface area contributed by atoms with Crippen LogP contribution in [0, 0.1) is 0 Å². The van der Waals surface area contributed by atoms with Crippen molar-refractivity contribution in [2.45, 2.75) is 13.5 Å². The van der Waals surface area contributed by atoms with Crippen molar-refractivity contribution >= 4 is 17.3 Å². The van der Waals surface area contributed by atoms with Crippen molar-refractivity contribution in [3.05, 3.63) is 90.0 Å². The maximum absolute atomic E-state index is 12.6. The van der Waals surface area contributed by atoms with Gasteiger partial charge in [0.05, 0.1) is 6.61 Å². The summed E-state index contributed by atoms with van der Waals surface area (Å²) in [5.41, 5.74) is 3.69. The molecule has 0 heterocycles. The van der Waals surface area contributed by atoms with Crippen LogP contribution in [-0.2, 0) is 6.54 Å². The Morgan fingerprint density at radius 2 is 1.59 bits per heavy atom. The van der Waals surface area contributed by atoms with Crippen LogP contribution < -0.4 is 15.0 Å². The molecule has 4 heteroatoms. The zero-order chi connectivity index (χ0) is 19.1. The van der Waals surface area contributed by atoms with E-state index in [-0.39, 0.29) is 5.91 Å². The van der Waals surface area contributed by atoms with Gasteiger partial charge >= 0.3 is 0 Å². The number of nitrogens with one attached hydrogen (secondary N) is 1. The number of hydrogen-bond donors (Lipinski definition) is 1. The summed E-state index contributed by atoms with van der Waals surface area (Å²) in [5.74, 6) is 0.848. The van der Waals surface area contributed by atoms with Gasteiger partial charge < -0.3 is 15.0 Å². The van der Waals surface area contributed by atoms with Gasteiger partial charge in [0.15, 0.2) is 0 Å². The van der Waals surface area contributed by atoms with E-state index in [1.54, 1.807) is 11.9 Å². The summed E-state index contributed by atoms with van der Waals surface area (Å²) in [6, 6.07) is 25.2. The van der Waals surface area contributed by atoms with Crippen LogP contribution in [0.4, 0.5) is 11.4 Å². The fourth-order valence-electron chi connectivity index (χ4n) is 2.77. The van der Waals surface area contributed by atoms with Crippen LogP contribution >= 0.6 is 0 Å². The highest BCUT2D eigenvalue weighted by Gasteiger charge is 2.12. The number of amides is 1. The average Bonchev–Trinajstić information content (AvgIpc) is 2.73. The maximum atomic E-state index is 12.6. The summed E-state index contributed by atoms with van der Waals surface area (Å²) < 4.78 is 5.45. The lowest BCUT2D eigenvalue weighted by molar-refractivity contribution is 0.0993. The van der Waals surface area contributed by atoms with Gasteiger partial charge in [0.2, 0.25) is 0 Å². The van der Waals surface area contributed by atoms with Gasteiger partial charge in [-0.1, -0.05) is 30.3 Å². The minimum atomic E-state index is -0.0211. The molecule has 0 aliphatic heterocycles. The number of hydrogen-bond acceptors (Lipinski definition) is 3. The molecule has 138 valence electrons. The smallest absolute Gasteiger partial charge is 0.258 e. The number of para-hydroxylation sites is 1. The summed E-state index contributed by atoms with van der Waals surface area (Å²) in [6.45, 7) is 3.33. The number of anilines is 2. The second-order valence-corrected chi connectivity index (χ2v) is 6.21. The fourth-order valence-corrected chi connectivity index (χ4v) is 2.77. The van der Waals surface area contributed by atoms with Gasteiger partial charge in [-0.2, -0.15) is 0 Å². The van der Waals surface area contributed by atoms with Gasteiger partial charge in [-0.15, -0.1) is 0 Å². The zero-order valence-electron chi connectivity index (χ0n) is 15.7. The summed E-state index contributed by atoms with van der Waals surface area (Å²) in [7, 11) is 1.79. The molecule has 0 saturated carbocycles. The van der Waals surface area contributed by atoms with Gasteiger partial charge in [-0.05, 0) is 61.0 Å². The van der Waals surface area contributed by atoms with E-state index in [0.717, 1.165) is 22.7 Å². The Labute approximate surface area is 160 Å². The van der Waals surface area contributed by atoms with E-state index in [2.05, 4.69) is 5.32 Å². The van der Waals surface area contributed by atoms with E-state index in [4.69, 9.17) is 4.74 Å². The van der Waals surface area contributed by atoms with Crippen molar-refractivity contribution in [1.29, 1.82) is 0 Å². The normalized spacial score (nSPS) is 10.3. The first kappa shape index (κ1) is 18.5. The van der Waals surface area contributed by atoms with Crippen molar-refractivity contribution in [2.75, 3.05) is 23.9 Å². The molecule has 0 radical (unpaired) electrons. The molecule has 0 aliphatic rings. The molecule has 3 aromatic carbocycles. The highest BCUT2D eigenvalue weighted by molar-refractivity contribution is 6.05. The number of nitrogens with zero attached hydrogens (tertiary/aromatic N) is 1. The predicted molar refractivity (Wildman–Crippen MR) is 111 cm³/mol. The van der Waals surface area contributed by atoms with Crippen LogP contribution in [-0.4, -0.2) is 19.6 Å². The minimum Gasteiger partial charge on any atom is -0.494 e. The second-order valence-electron chi connectivity index (χ2n) is 6.21. The number of benzene rings is 3. The van der Waals surface area contributed by atoms with Crippen molar-refractivity contribution in [3.8, 4) is 5.75 Å². The van der Waals surface area contributed by atoms with E-state index in [0.29, 0.717) is 18.7 Å². The first-order valence-electron chi connectivity index (χ1n) is 9.06. The first-order valence-corrected chi connectivity index (χ1v) is 9.06. The summed E-state index contributed by atoms with van der Waals surface area (Å²) in [5, 5.41) is 3.38. The lowest BCUT2D eigenvalue weighted by Gasteiger charge is -2.17. The van der Waals surface area contributed by atoms with Gasteiger partial charge in [0, 0.05) is 30.5 Å². The van der Waals surface area contributed by atoms with Crippen molar-refractivity contribution < 1.29 is 9.53 Å². The third-order valence-electron chi connectivity index (χ3n) is 4.31. The van der Waals surface area contributed by atoms with E-state index in [9.17, 15) is 4.79 Å². The SMILES string of the molecule is CCOc1ccc(NCc2ccc(C(=O)N(C)c3ccccc3)cc2)cc1. The Balaban J connectivity index is 1.59. The second kappa shape index (κ2) is 8.90. The Hall–Kier alpha value is -3.27. The van der Waals surface area contributed by atoms with Crippen LogP contribution in [0.1, 0.15) is 22.8 Å². The summed E-state index contributed by atoms with van der Waals surface area (Å²) >= 11 is 0. The quantitative estimate of drug-likeness (QED) is 0.646. The number of ether oxygens (including phenoxy) is 1. The molecule has 0 saturated heterocycles. The van der Waals surface area contributed by atoms with Gasteiger partial charge in [0.1, 0.15) is 5.75 Å². The summed E-state index contributed by atoms with van der Waals surface area (Å²) in [4.78, 5) is 14.3. The van der Waals surface area contributed by atoms with Crippen LogP contribution in [0.25, 0.3) is 0 Å². The van der Waals surface area contributed by atoms with Gasteiger partial charge in [-0.3, -0.25) is 4.79 Å². The third-order valence-corrected chi connectivity index (χ3v) is 4.31. The highest BCUT2D eigenvalue weighted by Crippen LogP contribution is 2.18. The third kappa shape index (κ3) is 4.88. The van der Waals surface area contributed by atoms with Gasteiger partial charge in [-0.25, -0.2) is 0 Å². The molecular weight excluding hydrogens is 336 g/mol. The first-order chi connectivity index (χ1) is 13.2. The number of carbonyl (C=O) groups excluding carboxylic acids is 1. The highest BCUT2D eigenvalue weighted by atomic mass is 16.5. The Morgan fingerprint density at radius 1 is 0.926 bits per heavy atom. The van der Waals surface area contributed by atoms with E-state index >= 15 is 0 Å². The topological polar surface area (TPSA) is 41.6 Å². The Kier molecular flexibility index (Phi) is 6.10. The fraction of sp³-hybridized carbons (Fsp3) is 0.174. The molecule has 27 heavy (non-hydrogen) atoms. The monoisotopic (exact) mass is 360 g/mol. The van der Waals surface area contributed by atoms with Crippen LogP contribution in [0.5, 0.6) is 5.75 Å². The molecule has 0 unspecified atom stereocenters. The van der Waals surface area contributed by atoms with E-state index in [1.807, 2.05) is 85.8 Å². The molecule has 0 bridgehead atoms. The van der Waals surface area contributed by atoms with Crippen molar-refractivity contribution in [2.24, 2.45) is 0 Å². The van der Waals surface area contributed by atoms with Crippen LogP contribution in [0.15, 0.2) is 78.9 Å². The largest absolute Gasteiger partial charge is 0.494 e. The molecule has 0 aliphatic carbocycles. The Morgan fingerprint density at radius 3 is 2.22 bits per heavy atom. The standard InChI is InChI=1S/C23H24N2O2/c1-3-27-22-15-13-20(14-16-22)24-17-18-9-11-19(12-10-18)23(26)25(2)21-7-5-4-6-8-21/h4-16,24H,3,17H2,1-2H3. The van der Waals surface area contributed by atoms with Crippen LogP contribution in [0.2, 0.25) is 0 Å². The number of rotatable bonds is 7. The lowest BCUT2D eigenvalue weighted by Crippen LogP contribution is -2.26. The van der Waals surface area contributed by atoms with Crippen molar-refractivity contribution in [3.63, 3.8) is 0 Å². The molecule has 0 atom stereocenters. The molecule has 0 fully saturated rings. The van der Waals surface area contributed by atoms with Gasteiger partial charge in [0.25, 0.3) is 5.91 Å². The average molecular weight is 360 g/mol. The molecule has 1 N–H and O–H groups in total. The molecule has 3 aromatic rings. The van der Waals surface area contributed by atoms with E-state index in [1.165, 1.54) is 0 Å². The predicted octanol–water partition coefficient (Wildman–Crippen LogP) is 4.97. The summed E-state index contributed by atoms with van der Waals surface area (Å²) in [6.07, 6.45) is 0. The molecule has 3 rings (SSSR count). The molecule has 0 spiro atoms. The van der Waals surface area contributed by atoms with Crippen LogP contribution in [0.3, 0.4) is 0 Å². The van der Waals surface area contributed by atoms with E-state index < -0.39 is 0 Å². The Bertz CT molecular complexity index is 859. The molecule has 0 aromatic heterocycles. The van der Waals surface area contributed by atoms with Crippen molar-refractivity contribution in [1.82, 2.24) is 0 Å². The maximum Gasteiger partial charge on any atom is 0.258 e.